The van der Waals surface area contributed by atoms with Gasteiger partial charge in [-0.2, -0.15) is 0 Å². The highest BCUT2D eigenvalue weighted by atomic mass is 16.6. The average Bonchev–Trinajstić information content (AvgIpc) is 3.73. The van der Waals surface area contributed by atoms with Crippen molar-refractivity contribution < 1.29 is 9.42 Å². The number of para-hydroxylation sites is 1. The van der Waals surface area contributed by atoms with Crippen molar-refractivity contribution in [2.24, 2.45) is 28.6 Å². The predicted octanol–water partition coefficient (Wildman–Crippen LogP) is 6.59. The van der Waals surface area contributed by atoms with Gasteiger partial charge in [0.25, 0.3) is 0 Å². The molecule has 0 amide bonds. The van der Waals surface area contributed by atoms with Gasteiger partial charge in [-0.25, -0.2) is 14.6 Å². The Morgan fingerprint density at radius 3 is 2.59 bits per heavy atom. The molecule has 4 aliphatic rings. The van der Waals surface area contributed by atoms with E-state index >= 15 is 0 Å². The van der Waals surface area contributed by atoms with Crippen molar-refractivity contribution in [3.63, 3.8) is 0 Å². The third-order valence-electron chi connectivity index (χ3n) is 11.0. The Bertz CT molecular complexity index is 1600. The Hall–Kier alpha value is -3.35. The maximum absolute atomic E-state index is 13.3. The highest BCUT2D eigenvalue weighted by Gasteiger charge is 2.79. The number of hydrogen-bond acceptors (Lipinski definition) is 7. The molecule has 4 aliphatic carbocycles. The quantitative estimate of drug-likeness (QED) is 0.265. The van der Waals surface area contributed by atoms with Gasteiger partial charge in [0.05, 0.1) is 5.52 Å². The zero-order chi connectivity index (χ0) is 26.4. The van der Waals surface area contributed by atoms with E-state index in [4.69, 9.17) is 14.6 Å². The molecule has 39 heavy (non-hydrogen) atoms. The van der Waals surface area contributed by atoms with Crippen LogP contribution >= 0.6 is 0 Å². The fraction of sp³-hybridized carbons (Fsp3) is 0.531. The monoisotopic (exact) mass is 521 g/mol. The molecule has 0 radical (unpaired) electrons. The van der Waals surface area contributed by atoms with Gasteiger partial charge in [0.15, 0.2) is 5.78 Å². The second kappa shape index (κ2) is 8.33. The van der Waals surface area contributed by atoms with Gasteiger partial charge in [0, 0.05) is 36.9 Å². The summed E-state index contributed by atoms with van der Waals surface area (Å²) in [6.07, 6.45) is 11.3. The molecule has 0 saturated heterocycles. The molecular weight excluding hydrogens is 486 g/mol. The van der Waals surface area contributed by atoms with E-state index in [1.807, 2.05) is 18.2 Å². The highest BCUT2D eigenvalue weighted by molar-refractivity contribution is 6.00. The molecule has 0 aliphatic heterocycles. The maximum atomic E-state index is 13.3. The zero-order valence-electron chi connectivity index (χ0n) is 22.8. The van der Waals surface area contributed by atoms with Crippen LogP contribution in [0.25, 0.3) is 21.9 Å². The van der Waals surface area contributed by atoms with Crippen LogP contribution < -0.4 is 4.90 Å². The van der Waals surface area contributed by atoms with Crippen LogP contribution in [0.1, 0.15) is 79.9 Å². The third kappa shape index (κ3) is 3.57. The van der Waals surface area contributed by atoms with Gasteiger partial charge in [-0.15, -0.1) is 0 Å². The number of nitrogens with zero attached hydrogens (tertiary/aromatic N) is 5. The number of carbonyl (C=O) groups is 1. The Balaban J connectivity index is 0.911. The van der Waals surface area contributed by atoms with Crippen molar-refractivity contribution in [2.45, 2.75) is 63.7 Å². The Morgan fingerprint density at radius 1 is 0.974 bits per heavy atom. The number of hydrogen-bond donors (Lipinski definition) is 0. The first-order chi connectivity index (χ1) is 19.0. The molecule has 0 N–H and O–H groups in total. The van der Waals surface area contributed by atoms with Crippen LogP contribution in [0.3, 0.4) is 0 Å². The smallest absolute Gasteiger partial charge is 0.166 e. The number of Topliss-reactive ketones (excluding diaryl/α,β-unsaturated/α-hetero) is 1. The summed E-state index contributed by atoms with van der Waals surface area (Å²) in [4.78, 5) is 25.5. The molecule has 200 valence electrons. The molecule has 4 aromatic rings. The van der Waals surface area contributed by atoms with Gasteiger partial charge in [0.1, 0.15) is 22.7 Å². The van der Waals surface area contributed by atoms with E-state index < -0.39 is 0 Å². The number of ketones is 1. The number of benzene rings is 2. The molecule has 4 atom stereocenters. The van der Waals surface area contributed by atoms with E-state index in [1.165, 1.54) is 51.4 Å². The lowest BCUT2D eigenvalue weighted by atomic mass is 9.64. The van der Waals surface area contributed by atoms with Crippen molar-refractivity contribution in [2.75, 3.05) is 19.0 Å². The summed E-state index contributed by atoms with van der Waals surface area (Å²) in [5.74, 6) is 4.34. The number of rotatable bonds is 6. The summed E-state index contributed by atoms with van der Waals surface area (Å²) >= 11 is 0. The second-order valence-corrected chi connectivity index (χ2v) is 13.1. The van der Waals surface area contributed by atoms with Crippen LogP contribution in [0.5, 0.6) is 0 Å². The number of fused-ring (bicyclic) bond motifs is 3. The van der Waals surface area contributed by atoms with E-state index in [0.29, 0.717) is 33.7 Å². The lowest BCUT2D eigenvalue weighted by Crippen LogP contribution is -2.35. The molecule has 7 nitrogen and oxygen atoms in total. The normalized spacial score (nSPS) is 33.0. The summed E-state index contributed by atoms with van der Waals surface area (Å²) in [5.41, 5.74) is 4.15. The van der Waals surface area contributed by atoms with E-state index in [9.17, 15) is 4.79 Å². The molecule has 0 bridgehead atoms. The Labute approximate surface area is 228 Å². The SMILES string of the molecule is CN(C)c1nc(C2CC23CC32CCC(CC3CCC3C(=O)c3ccc4nonc4c3)CC2)nc2ccccc12. The van der Waals surface area contributed by atoms with E-state index in [-0.39, 0.29) is 11.7 Å². The van der Waals surface area contributed by atoms with Gasteiger partial charge in [-0.1, -0.05) is 12.1 Å². The molecule has 4 saturated carbocycles. The van der Waals surface area contributed by atoms with Gasteiger partial charge in [-0.3, -0.25) is 4.79 Å². The molecule has 7 heteroatoms. The summed E-state index contributed by atoms with van der Waals surface area (Å²) in [6, 6.07) is 14.0. The highest BCUT2D eigenvalue weighted by Crippen LogP contribution is 2.88. The fourth-order valence-corrected chi connectivity index (χ4v) is 8.47. The topological polar surface area (TPSA) is 85.0 Å². The van der Waals surface area contributed by atoms with Crippen LogP contribution in [0.15, 0.2) is 47.1 Å². The molecule has 2 aromatic carbocycles. The van der Waals surface area contributed by atoms with Crippen molar-refractivity contribution in [3.05, 3.63) is 53.9 Å². The first-order valence-electron chi connectivity index (χ1n) is 14.7. The number of aromatic nitrogens is 4. The summed E-state index contributed by atoms with van der Waals surface area (Å²) in [5, 5.41) is 8.91. The lowest BCUT2D eigenvalue weighted by molar-refractivity contribution is 0.0657. The molecule has 8 rings (SSSR count). The van der Waals surface area contributed by atoms with Crippen LogP contribution in [0.4, 0.5) is 5.82 Å². The van der Waals surface area contributed by atoms with Crippen LogP contribution in [-0.4, -0.2) is 40.2 Å². The van der Waals surface area contributed by atoms with Crippen LogP contribution in [0, 0.1) is 28.6 Å². The number of anilines is 1. The number of carbonyl (C=O) groups excluding carboxylic acids is 1. The largest absolute Gasteiger partial charge is 0.362 e. The van der Waals surface area contributed by atoms with Crippen LogP contribution in [-0.2, 0) is 0 Å². The first-order valence-corrected chi connectivity index (χ1v) is 14.7. The van der Waals surface area contributed by atoms with Crippen LogP contribution in [0.2, 0.25) is 0 Å². The van der Waals surface area contributed by atoms with Crippen molar-refractivity contribution >= 4 is 33.5 Å². The Morgan fingerprint density at radius 2 is 1.79 bits per heavy atom. The first kappa shape index (κ1) is 23.5. The molecule has 2 spiro atoms. The van der Waals surface area contributed by atoms with Gasteiger partial charge < -0.3 is 4.90 Å². The predicted molar refractivity (Wildman–Crippen MR) is 150 cm³/mol. The van der Waals surface area contributed by atoms with Gasteiger partial charge in [-0.05, 0) is 121 Å². The molecule has 4 unspecified atom stereocenters. The zero-order valence-corrected chi connectivity index (χ0v) is 22.8. The van der Waals surface area contributed by atoms with E-state index in [0.717, 1.165) is 40.4 Å². The minimum Gasteiger partial charge on any atom is -0.362 e. The standard InChI is InChI=1S/C32H35N5O2/c1-37(2)30-23-5-3-4-6-25(23)33-29(34-30)24-17-32(24)18-31(32)13-11-19(12-14-31)15-20-7-9-22(20)28(38)21-8-10-26-27(16-21)36-39-35-26/h3-6,8,10,16,19-20,22,24H,7,9,11-15,17-18H2,1-2H3. The van der Waals surface area contributed by atoms with E-state index in [1.54, 1.807) is 0 Å². The summed E-state index contributed by atoms with van der Waals surface area (Å²) < 4.78 is 4.81. The summed E-state index contributed by atoms with van der Waals surface area (Å²) in [6.45, 7) is 0. The summed E-state index contributed by atoms with van der Waals surface area (Å²) in [7, 11) is 4.15. The fourth-order valence-electron chi connectivity index (χ4n) is 8.47. The van der Waals surface area contributed by atoms with E-state index in [2.05, 4.69) is 53.6 Å². The lowest BCUT2D eigenvalue weighted by Gasteiger charge is -2.40. The molecule has 2 aromatic heterocycles. The van der Waals surface area contributed by atoms with Crippen molar-refractivity contribution in [3.8, 4) is 0 Å². The van der Waals surface area contributed by atoms with Crippen molar-refractivity contribution in [1.82, 2.24) is 20.3 Å². The average molecular weight is 522 g/mol. The minimum absolute atomic E-state index is 0.161. The minimum atomic E-state index is 0.161. The van der Waals surface area contributed by atoms with Gasteiger partial charge >= 0.3 is 0 Å². The Kier molecular flexibility index (Phi) is 5.02. The third-order valence-corrected chi connectivity index (χ3v) is 11.0. The van der Waals surface area contributed by atoms with Crippen molar-refractivity contribution in [1.29, 1.82) is 0 Å². The van der Waals surface area contributed by atoms with Gasteiger partial charge in [0.2, 0.25) is 0 Å². The molecular formula is C32H35N5O2. The maximum Gasteiger partial charge on any atom is 0.166 e. The molecule has 2 heterocycles. The molecule has 4 fully saturated rings. The second-order valence-electron chi connectivity index (χ2n) is 13.1.